The average molecular weight is 348 g/mol. The molecule has 2 amide bonds. The summed E-state index contributed by atoms with van der Waals surface area (Å²) in [5, 5.41) is 15.5. The molecule has 0 atom stereocenters. The number of amides is 2. The third kappa shape index (κ3) is 4.72. The van der Waals surface area contributed by atoms with Crippen molar-refractivity contribution in [1.82, 2.24) is 5.43 Å². The molecule has 2 rings (SSSR count). The van der Waals surface area contributed by atoms with Gasteiger partial charge < -0.3 is 15.2 Å². The minimum Gasteiger partial charge on any atom is -0.506 e. The standard InChI is InChI=1S/C16H14ClN3O4/c1-24-12-5-3-11(4-6-12)19-15(22)16(23)20-18-9-10-2-7-14(21)13(17)8-10/h2-9,21H,1H3,(H,19,22)(H,20,23)/b18-9-. The van der Waals surface area contributed by atoms with E-state index in [-0.39, 0.29) is 10.8 Å². The van der Waals surface area contributed by atoms with Gasteiger partial charge >= 0.3 is 11.8 Å². The molecule has 7 nitrogen and oxygen atoms in total. The molecule has 2 aromatic rings. The van der Waals surface area contributed by atoms with Crippen molar-refractivity contribution in [3.8, 4) is 11.5 Å². The summed E-state index contributed by atoms with van der Waals surface area (Å²) >= 11 is 5.75. The molecule has 0 unspecified atom stereocenters. The van der Waals surface area contributed by atoms with E-state index in [2.05, 4.69) is 15.8 Å². The Balaban J connectivity index is 1.89. The Hall–Kier alpha value is -3.06. The largest absolute Gasteiger partial charge is 0.506 e. The molecule has 0 aliphatic carbocycles. The molecule has 0 fully saturated rings. The van der Waals surface area contributed by atoms with Crippen LogP contribution in [0.5, 0.6) is 11.5 Å². The third-order valence-electron chi connectivity index (χ3n) is 2.91. The van der Waals surface area contributed by atoms with Crippen LogP contribution in [0, 0.1) is 0 Å². The van der Waals surface area contributed by atoms with E-state index in [9.17, 15) is 14.7 Å². The number of ether oxygens (including phenoxy) is 1. The fraction of sp³-hybridized carbons (Fsp3) is 0.0625. The Morgan fingerprint density at radius 3 is 2.50 bits per heavy atom. The van der Waals surface area contributed by atoms with Gasteiger partial charge in [0.2, 0.25) is 0 Å². The minimum atomic E-state index is -0.924. The van der Waals surface area contributed by atoms with Gasteiger partial charge in [0, 0.05) is 5.69 Å². The lowest BCUT2D eigenvalue weighted by atomic mass is 10.2. The number of halogens is 1. The molecule has 3 N–H and O–H groups in total. The second kappa shape index (κ2) is 7.98. The number of benzene rings is 2. The number of nitrogens with one attached hydrogen (secondary N) is 2. The van der Waals surface area contributed by atoms with Crippen molar-refractivity contribution in [2.75, 3.05) is 12.4 Å². The van der Waals surface area contributed by atoms with Crippen molar-refractivity contribution in [2.24, 2.45) is 5.10 Å². The predicted octanol–water partition coefficient (Wildman–Crippen LogP) is 2.14. The van der Waals surface area contributed by atoms with Crippen molar-refractivity contribution < 1.29 is 19.4 Å². The fourth-order valence-corrected chi connectivity index (χ4v) is 1.87. The Kier molecular flexibility index (Phi) is 5.75. The zero-order chi connectivity index (χ0) is 17.5. The molecular formula is C16H14ClN3O4. The van der Waals surface area contributed by atoms with Gasteiger partial charge in [0.15, 0.2) is 0 Å². The number of phenolic OH excluding ortho intramolecular Hbond substituents is 1. The Labute approximate surface area is 142 Å². The van der Waals surface area contributed by atoms with E-state index in [1.165, 1.54) is 25.5 Å². The van der Waals surface area contributed by atoms with Crippen LogP contribution in [0.25, 0.3) is 0 Å². The molecule has 24 heavy (non-hydrogen) atoms. The van der Waals surface area contributed by atoms with Gasteiger partial charge in [-0.15, -0.1) is 0 Å². The van der Waals surface area contributed by atoms with E-state index in [0.717, 1.165) is 0 Å². The first-order chi connectivity index (χ1) is 11.5. The summed E-state index contributed by atoms with van der Waals surface area (Å²) in [6.45, 7) is 0. The highest BCUT2D eigenvalue weighted by Crippen LogP contribution is 2.22. The summed E-state index contributed by atoms with van der Waals surface area (Å²) in [6.07, 6.45) is 1.30. The fourth-order valence-electron chi connectivity index (χ4n) is 1.68. The van der Waals surface area contributed by atoms with Gasteiger partial charge in [-0.1, -0.05) is 11.6 Å². The number of hydrogen-bond acceptors (Lipinski definition) is 5. The number of aromatic hydroxyl groups is 1. The maximum Gasteiger partial charge on any atom is 0.329 e. The van der Waals surface area contributed by atoms with Gasteiger partial charge in [-0.2, -0.15) is 5.10 Å². The highest BCUT2D eigenvalue weighted by atomic mass is 35.5. The molecule has 0 aliphatic heterocycles. The van der Waals surface area contributed by atoms with Crippen molar-refractivity contribution >= 4 is 35.3 Å². The number of carbonyl (C=O) groups is 2. The number of carbonyl (C=O) groups excluding carboxylic acids is 2. The molecule has 0 bridgehead atoms. The normalized spacial score (nSPS) is 10.4. The van der Waals surface area contributed by atoms with E-state index in [1.807, 2.05) is 0 Å². The van der Waals surface area contributed by atoms with Crippen LogP contribution in [0.1, 0.15) is 5.56 Å². The molecule has 124 valence electrons. The lowest BCUT2D eigenvalue weighted by molar-refractivity contribution is -0.136. The summed E-state index contributed by atoms with van der Waals surface area (Å²) in [7, 11) is 1.53. The second-order valence-corrected chi connectivity index (χ2v) is 5.00. The topological polar surface area (TPSA) is 100 Å². The van der Waals surface area contributed by atoms with E-state index < -0.39 is 11.8 Å². The van der Waals surface area contributed by atoms with E-state index >= 15 is 0 Å². The first kappa shape index (κ1) is 17.3. The van der Waals surface area contributed by atoms with Crippen LogP contribution in [0.3, 0.4) is 0 Å². The monoisotopic (exact) mass is 347 g/mol. The first-order valence-electron chi connectivity index (χ1n) is 6.76. The molecule has 0 aliphatic rings. The maximum atomic E-state index is 11.7. The zero-order valence-electron chi connectivity index (χ0n) is 12.6. The van der Waals surface area contributed by atoms with E-state index in [1.54, 1.807) is 30.3 Å². The molecular weight excluding hydrogens is 334 g/mol. The smallest absolute Gasteiger partial charge is 0.329 e. The van der Waals surface area contributed by atoms with E-state index in [0.29, 0.717) is 17.0 Å². The first-order valence-corrected chi connectivity index (χ1v) is 7.14. The summed E-state index contributed by atoms with van der Waals surface area (Å²) in [4.78, 5) is 23.4. The van der Waals surface area contributed by atoms with Gasteiger partial charge in [-0.3, -0.25) is 9.59 Å². The van der Waals surface area contributed by atoms with Crippen LogP contribution in [0.2, 0.25) is 5.02 Å². The van der Waals surface area contributed by atoms with E-state index in [4.69, 9.17) is 16.3 Å². The van der Waals surface area contributed by atoms with Crippen LogP contribution >= 0.6 is 11.6 Å². The number of nitrogens with zero attached hydrogens (tertiary/aromatic N) is 1. The van der Waals surface area contributed by atoms with Crippen LogP contribution in [0.15, 0.2) is 47.6 Å². The predicted molar refractivity (Wildman–Crippen MR) is 90.5 cm³/mol. The molecule has 0 heterocycles. The third-order valence-corrected chi connectivity index (χ3v) is 3.21. The SMILES string of the molecule is COc1ccc(NC(=O)C(=O)N/N=C\c2ccc(O)c(Cl)c2)cc1. The van der Waals surface area contributed by atoms with Crippen molar-refractivity contribution in [3.05, 3.63) is 53.1 Å². The quantitative estimate of drug-likeness (QED) is 0.448. The molecule has 0 saturated heterocycles. The maximum absolute atomic E-state index is 11.7. The molecule has 2 aromatic carbocycles. The molecule has 0 aromatic heterocycles. The lowest BCUT2D eigenvalue weighted by Gasteiger charge is -2.05. The van der Waals surface area contributed by atoms with Crippen LogP contribution in [-0.4, -0.2) is 30.2 Å². The van der Waals surface area contributed by atoms with Gasteiger partial charge in [0.1, 0.15) is 11.5 Å². The van der Waals surface area contributed by atoms with Crippen LogP contribution < -0.4 is 15.5 Å². The number of methoxy groups -OCH3 is 1. The molecule has 0 saturated carbocycles. The van der Waals surface area contributed by atoms with Gasteiger partial charge in [-0.05, 0) is 48.0 Å². The molecule has 0 radical (unpaired) electrons. The average Bonchev–Trinajstić information content (AvgIpc) is 2.58. The minimum absolute atomic E-state index is 0.0586. The van der Waals surface area contributed by atoms with Gasteiger partial charge in [-0.25, -0.2) is 5.43 Å². The number of rotatable bonds is 4. The summed E-state index contributed by atoms with van der Waals surface area (Å²) in [6, 6.07) is 10.9. The van der Waals surface area contributed by atoms with Gasteiger partial charge in [0.05, 0.1) is 18.3 Å². The lowest BCUT2D eigenvalue weighted by Crippen LogP contribution is -2.32. The van der Waals surface area contributed by atoms with Crippen molar-refractivity contribution in [3.63, 3.8) is 0 Å². The molecule has 8 heteroatoms. The van der Waals surface area contributed by atoms with Crippen molar-refractivity contribution in [1.29, 1.82) is 0 Å². The molecule has 0 spiro atoms. The zero-order valence-corrected chi connectivity index (χ0v) is 13.4. The number of hydrogen-bond donors (Lipinski definition) is 3. The summed E-state index contributed by atoms with van der Waals surface area (Å²) in [5.41, 5.74) is 3.09. The Morgan fingerprint density at radius 2 is 1.88 bits per heavy atom. The van der Waals surface area contributed by atoms with Gasteiger partial charge in [0.25, 0.3) is 0 Å². The summed E-state index contributed by atoms with van der Waals surface area (Å²) in [5.74, 6) is -1.21. The summed E-state index contributed by atoms with van der Waals surface area (Å²) < 4.78 is 5.00. The highest BCUT2D eigenvalue weighted by molar-refractivity contribution is 6.39. The number of anilines is 1. The second-order valence-electron chi connectivity index (χ2n) is 4.59. The number of phenols is 1. The number of hydrazone groups is 1. The van der Waals surface area contributed by atoms with Crippen molar-refractivity contribution in [2.45, 2.75) is 0 Å². The van der Waals surface area contributed by atoms with Crippen LogP contribution in [0.4, 0.5) is 5.69 Å². The van der Waals surface area contributed by atoms with Crippen LogP contribution in [-0.2, 0) is 9.59 Å². The Morgan fingerprint density at radius 1 is 1.17 bits per heavy atom. The highest BCUT2D eigenvalue weighted by Gasteiger charge is 2.12. The Bertz CT molecular complexity index is 775.